The van der Waals surface area contributed by atoms with E-state index in [4.69, 9.17) is 4.74 Å². The molecular formula is C13H13F5N2O4. The van der Waals surface area contributed by atoms with Crippen LogP contribution in [0.4, 0.5) is 22.0 Å². The molecule has 11 heteroatoms. The molecule has 0 saturated carbocycles. The van der Waals surface area contributed by atoms with Crippen molar-refractivity contribution in [1.82, 2.24) is 5.32 Å². The molecule has 0 atom stereocenters. The van der Waals surface area contributed by atoms with Crippen molar-refractivity contribution in [3.05, 3.63) is 23.8 Å². The molecular weight excluding hydrogens is 343 g/mol. The summed E-state index contributed by atoms with van der Waals surface area (Å²) >= 11 is 0. The van der Waals surface area contributed by atoms with Crippen molar-refractivity contribution in [2.45, 2.75) is 12.8 Å². The van der Waals surface area contributed by atoms with Gasteiger partial charge in [0.2, 0.25) is 0 Å². The molecule has 134 valence electrons. The first-order valence-electron chi connectivity index (χ1n) is 6.33. The van der Waals surface area contributed by atoms with Gasteiger partial charge in [-0.3, -0.25) is 4.79 Å². The van der Waals surface area contributed by atoms with Crippen LogP contribution in [0.15, 0.2) is 23.4 Å². The van der Waals surface area contributed by atoms with Gasteiger partial charge in [0, 0.05) is 5.56 Å². The van der Waals surface area contributed by atoms with Crippen LogP contribution >= 0.6 is 0 Å². The number of oxime groups is 1. The topological polar surface area (TPSA) is 69.2 Å². The van der Waals surface area contributed by atoms with Crippen molar-refractivity contribution in [2.24, 2.45) is 5.16 Å². The summed E-state index contributed by atoms with van der Waals surface area (Å²) < 4.78 is 69.0. The first-order chi connectivity index (χ1) is 11.2. The zero-order chi connectivity index (χ0) is 18.2. The molecule has 0 saturated heterocycles. The van der Waals surface area contributed by atoms with Crippen LogP contribution in [0.1, 0.15) is 5.56 Å². The largest absolute Gasteiger partial charge is 0.493 e. The second-order valence-corrected chi connectivity index (χ2v) is 4.19. The zero-order valence-corrected chi connectivity index (χ0v) is 12.3. The van der Waals surface area contributed by atoms with Gasteiger partial charge in [0.05, 0.1) is 13.3 Å². The normalized spacial score (nSPS) is 11.6. The second kappa shape index (κ2) is 8.89. The van der Waals surface area contributed by atoms with Gasteiger partial charge in [0.1, 0.15) is 6.54 Å². The number of carbonyl (C=O) groups excluding carboxylic acids is 1. The van der Waals surface area contributed by atoms with Gasteiger partial charge < -0.3 is 19.6 Å². The van der Waals surface area contributed by atoms with E-state index in [1.165, 1.54) is 25.3 Å². The van der Waals surface area contributed by atoms with Crippen LogP contribution in [-0.2, 0) is 9.63 Å². The van der Waals surface area contributed by atoms with Crippen molar-refractivity contribution in [3.8, 4) is 11.5 Å². The Hall–Kier alpha value is -2.59. The monoisotopic (exact) mass is 356 g/mol. The number of nitrogens with zero attached hydrogens (tertiary/aromatic N) is 1. The van der Waals surface area contributed by atoms with Crippen molar-refractivity contribution < 1.29 is 41.1 Å². The lowest BCUT2D eigenvalue weighted by Gasteiger charge is -2.10. The molecule has 0 aliphatic heterocycles. The number of hydrogen-bond acceptors (Lipinski definition) is 5. The van der Waals surface area contributed by atoms with Crippen LogP contribution in [-0.4, -0.2) is 45.2 Å². The smallest absolute Gasteiger partial charge is 0.405 e. The Labute approximate surface area is 133 Å². The number of hydrogen-bond donors (Lipinski definition) is 1. The number of rotatable bonds is 8. The Morgan fingerprint density at radius 2 is 2.04 bits per heavy atom. The summed E-state index contributed by atoms with van der Waals surface area (Å²) in [6.45, 7) is -5.20. The Morgan fingerprint density at radius 3 is 2.62 bits per heavy atom. The molecule has 1 aromatic rings. The van der Waals surface area contributed by atoms with Crippen LogP contribution in [0.2, 0.25) is 0 Å². The van der Waals surface area contributed by atoms with E-state index in [1.807, 2.05) is 0 Å². The average Bonchev–Trinajstić information content (AvgIpc) is 2.49. The highest BCUT2D eigenvalue weighted by atomic mass is 19.4. The Morgan fingerprint density at radius 1 is 1.33 bits per heavy atom. The molecule has 0 fully saturated rings. The summed E-state index contributed by atoms with van der Waals surface area (Å²) in [5.74, 6) is -1.16. The van der Waals surface area contributed by atoms with Crippen LogP contribution in [0.3, 0.4) is 0 Å². The molecule has 1 amide bonds. The maximum atomic E-state index is 12.2. The summed E-state index contributed by atoms with van der Waals surface area (Å²) in [5.41, 5.74) is 0.365. The fourth-order valence-electron chi connectivity index (χ4n) is 1.40. The third kappa shape index (κ3) is 7.61. The van der Waals surface area contributed by atoms with Crippen LogP contribution in [0, 0.1) is 0 Å². The summed E-state index contributed by atoms with van der Waals surface area (Å²) in [6, 6.07) is 3.88. The maximum Gasteiger partial charge on any atom is 0.405 e. The average molecular weight is 356 g/mol. The van der Waals surface area contributed by atoms with Gasteiger partial charge in [0.25, 0.3) is 5.91 Å². The van der Waals surface area contributed by atoms with Crippen LogP contribution in [0.25, 0.3) is 0 Å². The number of alkyl halides is 5. The summed E-state index contributed by atoms with van der Waals surface area (Å²) in [6.07, 6.45) is -3.40. The number of ether oxygens (including phenoxy) is 2. The number of methoxy groups -OCH3 is 1. The Bertz CT molecular complexity index is 578. The van der Waals surface area contributed by atoms with Crippen molar-refractivity contribution >= 4 is 12.1 Å². The molecule has 0 aliphatic carbocycles. The fourth-order valence-corrected chi connectivity index (χ4v) is 1.40. The first kappa shape index (κ1) is 19.5. The number of benzene rings is 1. The van der Waals surface area contributed by atoms with E-state index >= 15 is 0 Å². The zero-order valence-electron chi connectivity index (χ0n) is 12.3. The highest BCUT2D eigenvalue weighted by Crippen LogP contribution is 2.28. The summed E-state index contributed by atoms with van der Waals surface area (Å²) in [7, 11) is 1.25. The third-order valence-corrected chi connectivity index (χ3v) is 2.36. The second-order valence-electron chi connectivity index (χ2n) is 4.19. The van der Waals surface area contributed by atoms with Gasteiger partial charge in [0.15, 0.2) is 18.1 Å². The SMILES string of the molecule is COc1cc(/C=N/OCC(=O)NCC(F)(F)F)ccc1OC(F)F. The van der Waals surface area contributed by atoms with Crippen molar-refractivity contribution in [2.75, 3.05) is 20.3 Å². The molecule has 0 aromatic heterocycles. The predicted octanol–water partition coefficient (Wildman–Crippen LogP) is 2.33. The van der Waals surface area contributed by atoms with Gasteiger partial charge in [-0.15, -0.1) is 0 Å². The van der Waals surface area contributed by atoms with E-state index in [0.717, 1.165) is 6.21 Å². The maximum absolute atomic E-state index is 12.2. The molecule has 1 rings (SSSR count). The number of halogens is 5. The van der Waals surface area contributed by atoms with Gasteiger partial charge in [-0.1, -0.05) is 5.16 Å². The lowest BCUT2D eigenvalue weighted by atomic mass is 10.2. The minimum absolute atomic E-state index is 0.0159. The first-order valence-corrected chi connectivity index (χ1v) is 6.33. The third-order valence-electron chi connectivity index (χ3n) is 2.36. The van der Waals surface area contributed by atoms with E-state index in [0.29, 0.717) is 5.56 Å². The summed E-state index contributed by atoms with van der Waals surface area (Å²) in [4.78, 5) is 15.6. The Kier molecular flexibility index (Phi) is 7.21. The minimum atomic E-state index is -4.52. The minimum Gasteiger partial charge on any atom is -0.493 e. The molecule has 24 heavy (non-hydrogen) atoms. The fraction of sp³-hybridized carbons (Fsp3) is 0.385. The van der Waals surface area contributed by atoms with E-state index in [2.05, 4.69) is 14.7 Å². The quantitative estimate of drug-likeness (QED) is 0.441. The molecule has 0 bridgehead atoms. The van der Waals surface area contributed by atoms with Crippen molar-refractivity contribution in [1.29, 1.82) is 0 Å². The molecule has 0 radical (unpaired) electrons. The van der Waals surface area contributed by atoms with Crippen LogP contribution < -0.4 is 14.8 Å². The van der Waals surface area contributed by atoms with E-state index in [-0.39, 0.29) is 11.5 Å². The number of amides is 1. The van der Waals surface area contributed by atoms with Gasteiger partial charge in [-0.25, -0.2) is 0 Å². The lowest BCUT2D eigenvalue weighted by molar-refractivity contribution is -0.141. The van der Waals surface area contributed by atoms with Gasteiger partial charge in [-0.05, 0) is 18.2 Å². The highest BCUT2D eigenvalue weighted by molar-refractivity contribution is 5.81. The van der Waals surface area contributed by atoms with Crippen LogP contribution in [0.5, 0.6) is 11.5 Å². The molecule has 0 aliphatic rings. The van der Waals surface area contributed by atoms with Gasteiger partial charge >= 0.3 is 12.8 Å². The summed E-state index contributed by atoms with van der Waals surface area (Å²) in [5, 5.41) is 4.98. The van der Waals surface area contributed by atoms with E-state index < -0.39 is 31.8 Å². The molecule has 6 nitrogen and oxygen atoms in total. The Balaban J connectivity index is 2.51. The molecule has 0 spiro atoms. The van der Waals surface area contributed by atoms with E-state index in [1.54, 1.807) is 5.32 Å². The van der Waals surface area contributed by atoms with Gasteiger partial charge in [-0.2, -0.15) is 22.0 Å². The molecule has 1 N–H and O–H groups in total. The predicted molar refractivity (Wildman–Crippen MR) is 72.2 cm³/mol. The molecule has 1 aromatic carbocycles. The standard InChI is InChI=1S/C13H13F5N2O4/c1-22-10-4-8(2-3-9(10)24-12(14)15)5-20-23-6-11(21)19-7-13(16,17)18/h2-5,12H,6-7H2,1H3,(H,19,21)/b20-5+. The molecule has 0 unspecified atom stereocenters. The van der Waals surface area contributed by atoms with E-state index in [9.17, 15) is 26.7 Å². The molecule has 0 heterocycles. The highest BCUT2D eigenvalue weighted by Gasteiger charge is 2.27. The number of carbonyl (C=O) groups is 1. The lowest BCUT2D eigenvalue weighted by Crippen LogP contribution is -2.35. The van der Waals surface area contributed by atoms with Crippen molar-refractivity contribution in [3.63, 3.8) is 0 Å². The number of nitrogens with one attached hydrogen (secondary N) is 1.